The monoisotopic (exact) mass is 230 g/mol. The number of hydrogen-bond acceptors (Lipinski definition) is 3. The van der Waals surface area contributed by atoms with Crippen LogP contribution in [-0.2, 0) is 9.59 Å². The summed E-state index contributed by atoms with van der Waals surface area (Å²) in [4.78, 5) is 23.6. The van der Waals surface area contributed by atoms with Crippen LogP contribution in [0.4, 0.5) is 0 Å². The van der Waals surface area contributed by atoms with Crippen molar-refractivity contribution in [3.63, 3.8) is 0 Å². The van der Waals surface area contributed by atoms with Gasteiger partial charge < -0.3 is 15.3 Å². The first-order valence-electron chi connectivity index (χ1n) is 5.65. The number of nitrogens with zero attached hydrogens (tertiary/aromatic N) is 1. The molecule has 5 heteroatoms. The Bertz CT molecular complexity index is 229. The molecule has 0 fully saturated rings. The minimum atomic E-state index is -0.819. The van der Waals surface area contributed by atoms with E-state index in [4.69, 9.17) is 5.11 Å². The highest BCUT2D eigenvalue weighted by Crippen LogP contribution is 1.98. The SMILES string of the molecule is CCCC(NCCCC(=O)N(C)C)C(=O)O. The molecule has 0 aromatic carbocycles. The van der Waals surface area contributed by atoms with Crippen LogP contribution in [0, 0.1) is 0 Å². The van der Waals surface area contributed by atoms with Gasteiger partial charge in [0.15, 0.2) is 0 Å². The van der Waals surface area contributed by atoms with Crippen LogP contribution in [0.1, 0.15) is 32.6 Å². The van der Waals surface area contributed by atoms with Crippen molar-refractivity contribution in [2.24, 2.45) is 0 Å². The van der Waals surface area contributed by atoms with Crippen LogP contribution in [-0.4, -0.2) is 48.6 Å². The first kappa shape index (κ1) is 14.9. The van der Waals surface area contributed by atoms with Gasteiger partial charge in [0.2, 0.25) is 5.91 Å². The standard InChI is InChI=1S/C11H22N2O3/c1-4-6-9(11(15)16)12-8-5-7-10(14)13(2)3/h9,12H,4-8H2,1-3H3,(H,15,16). The van der Waals surface area contributed by atoms with Gasteiger partial charge in [0, 0.05) is 20.5 Å². The predicted octanol–water partition coefficient (Wildman–Crippen LogP) is 0.698. The average Bonchev–Trinajstić information content (AvgIpc) is 2.21. The van der Waals surface area contributed by atoms with E-state index in [0.717, 1.165) is 6.42 Å². The smallest absolute Gasteiger partial charge is 0.320 e. The second-order valence-corrected chi connectivity index (χ2v) is 4.03. The number of nitrogens with one attached hydrogen (secondary N) is 1. The molecule has 1 amide bonds. The molecule has 0 saturated carbocycles. The fourth-order valence-corrected chi connectivity index (χ4v) is 1.34. The molecule has 0 aromatic rings. The van der Waals surface area contributed by atoms with E-state index in [2.05, 4.69) is 5.32 Å². The summed E-state index contributed by atoms with van der Waals surface area (Å²) in [7, 11) is 3.43. The van der Waals surface area contributed by atoms with Crippen molar-refractivity contribution in [3.05, 3.63) is 0 Å². The van der Waals surface area contributed by atoms with Crippen LogP contribution in [0.5, 0.6) is 0 Å². The molecule has 1 unspecified atom stereocenters. The zero-order chi connectivity index (χ0) is 12.6. The number of carboxylic acids is 1. The summed E-state index contributed by atoms with van der Waals surface area (Å²) in [6.07, 6.45) is 2.58. The maximum Gasteiger partial charge on any atom is 0.320 e. The van der Waals surface area contributed by atoms with Crippen molar-refractivity contribution in [3.8, 4) is 0 Å². The van der Waals surface area contributed by atoms with Crippen LogP contribution >= 0.6 is 0 Å². The molecule has 0 rings (SSSR count). The molecule has 2 N–H and O–H groups in total. The van der Waals surface area contributed by atoms with Crippen LogP contribution in [0.15, 0.2) is 0 Å². The highest BCUT2D eigenvalue weighted by atomic mass is 16.4. The van der Waals surface area contributed by atoms with Gasteiger partial charge in [-0.1, -0.05) is 13.3 Å². The van der Waals surface area contributed by atoms with Gasteiger partial charge in [-0.2, -0.15) is 0 Å². The number of amides is 1. The highest BCUT2D eigenvalue weighted by molar-refractivity contribution is 5.75. The maximum absolute atomic E-state index is 11.2. The van der Waals surface area contributed by atoms with Crippen molar-refractivity contribution in [1.29, 1.82) is 0 Å². The molecule has 16 heavy (non-hydrogen) atoms. The van der Waals surface area contributed by atoms with E-state index in [0.29, 0.717) is 25.8 Å². The van der Waals surface area contributed by atoms with Crippen LogP contribution in [0.3, 0.4) is 0 Å². The number of carbonyl (C=O) groups excluding carboxylic acids is 1. The summed E-state index contributed by atoms with van der Waals surface area (Å²) >= 11 is 0. The summed E-state index contributed by atoms with van der Waals surface area (Å²) in [6.45, 7) is 2.52. The molecule has 1 atom stereocenters. The molecular formula is C11H22N2O3. The summed E-state index contributed by atoms with van der Waals surface area (Å²) in [5.74, 6) is -0.745. The van der Waals surface area contributed by atoms with E-state index in [1.165, 1.54) is 0 Å². The Hall–Kier alpha value is -1.10. The topological polar surface area (TPSA) is 69.6 Å². The summed E-state index contributed by atoms with van der Waals surface area (Å²) in [5.41, 5.74) is 0. The van der Waals surface area contributed by atoms with Crippen molar-refractivity contribution >= 4 is 11.9 Å². The predicted molar refractivity (Wildman–Crippen MR) is 62.3 cm³/mol. The molecule has 0 aliphatic carbocycles. The Morgan fingerprint density at radius 2 is 2.00 bits per heavy atom. The third-order valence-corrected chi connectivity index (χ3v) is 2.33. The van der Waals surface area contributed by atoms with E-state index in [-0.39, 0.29) is 5.91 Å². The second kappa shape index (κ2) is 8.10. The van der Waals surface area contributed by atoms with E-state index in [9.17, 15) is 9.59 Å². The van der Waals surface area contributed by atoms with Gasteiger partial charge in [-0.25, -0.2) is 0 Å². The lowest BCUT2D eigenvalue weighted by Gasteiger charge is -2.14. The molecule has 0 heterocycles. The molecule has 0 spiro atoms. The van der Waals surface area contributed by atoms with E-state index in [1.807, 2.05) is 6.92 Å². The Kier molecular flexibility index (Phi) is 7.54. The lowest BCUT2D eigenvalue weighted by atomic mass is 10.1. The Morgan fingerprint density at radius 3 is 2.44 bits per heavy atom. The van der Waals surface area contributed by atoms with Gasteiger partial charge in [0.25, 0.3) is 0 Å². The van der Waals surface area contributed by atoms with Gasteiger partial charge in [0.1, 0.15) is 6.04 Å². The van der Waals surface area contributed by atoms with Crippen molar-refractivity contribution in [2.75, 3.05) is 20.6 Å². The fraction of sp³-hybridized carbons (Fsp3) is 0.818. The first-order valence-corrected chi connectivity index (χ1v) is 5.65. The minimum absolute atomic E-state index is 0.0733. The van der Waals surface area contributed by atoms with Gasteiger partial charge in [0.05, 0.1) is 0 Å². The quantitative estimate of drug-likeness (QED) is 0.602. The number of carboxylic acid groups (broad SMARTS) is 1. The van der Waals surface area contributed by atoms with Crippen LogP contribution < -0.4 is 5.32 Å². The van der Waals surface area contributed by atoms with Crippen molar-refractivity contribution in [2.45, 2.75) is 38.6 Å². The van der Waals surface area contributed by atoms with E-state index >= 15 is 0 Å². The zero-order valence-corrected chi connectivity index (χ0v) is 10.3. The van der Waals surface area contributed by atoms with Crippen LogP contribution in [0.2, 0.25) is 0 Å². The summed E-state index contributed by atoms with van der Waals surface area (Å²) in [6, 6.07) is -0.487. The van der Waals surface area contributed by atoms with Crippen molar-refractivity contribution in [1.82, 2.24) is 10.2 Å². The number of aliphatic carboxylic acids is 1. The van der Waals surface area contributed by atoms with Gasteiger partial charge in [-0.15, -0.1) is 0 Å². The molecule has 5 nitrogen and oxygen atoms in total. The van der Waals surface area contributed by atoms with Gasteiger partial charge in [-0.3, -0.25) is 9.59 Å². The third kappa shape index (κ3) is 6.40. The van der Waals surface area contributed by atoms with E-state index < -0.39 is 12.0 Å². The lowest BCUT2D eigenvalue weighted by molar-refractivity contribution is -0.139. The average molecular weight is 230 g/mol. The number of carbonyl (C=O) groups is 2. The normalized spacial score (nSPS) is 12.2. The maximum atomic E-state index is 11.2. The Morgan fingerprint density at radius 1 is 1.38 bits per heavy atom. The third-order valence-electron chi connectivity index (χ3n) is 2.33. The lowest BCUT2D eigenvalue weighted by Crippen LogP contribution is -2.37. The highest BCUT2D eigenvalue weighted by Gasteiger charge is 2.14. The van der Waals surface area contributed by atoms with Gasteiger partial charge >= 0.3 is 5.97 Å². The second-order valence-electron chi connectivity index (χ2n) is 4.03. The molecule has 0 saturated heterocycles. The number of rotatable bonds is 8. The molecule has 0 aromatic heterocycles. The molecule has 94 valence electrons. The van der Waals surface area contributed by atoms with Crippen molar-refractivity contribution < 1.29 is 14.7 Å². The minimum Gasteiger partial charge on any atom is -0.480 e. The summed E-state index contributed by atoms with van der Waals surface area (Å²) in [5, 5.41) is 11.8. The largest absolute Gasteiger partial charge is 0.480 e. The molecule has 0 bridgehead atoms. The van der Waals surface area contributed by atoms with Gasteiger partial charge in [-0.05, 0) is 19.4 Å². The molecule has 0 aliphatic rings. The molecular weight excluding hydrogens is 208 g/mol. The number of hydrogen-bond donors (Lipinski definition) is 2. The Balaban J connectivity index is 3.70. The molecule has 0 aliphatic heterocycles. The summed E-state index contributed by atoms with van der Waals surface area (Å²) < 4.78 is 0. The first-order chi connectivity index (χ1) is 7.49. The zero-order valence-electron chi connectivity index (χ0n) is 10.3. The molecule has 0 radical (unpaired) electrons. The Labute approximate surface area is 96.8 Å². The fourth-order valence-electron chi connectivity index (χ4n) is 1.34. The van der Waals surface area contributed by atoms with E-state index in [1.54, 1.807) is 19.0 Å². The van der Waals surface area contributed by atoms with Crippen LogP contribution in [0.25, 0.3) is 0 Å².